The lowest BCUT2D eigenvalue weighted by Gasteiger charge is -2.32. The van der Waals surface area contributed by atoms with Crippen molar-refractivity contribution in [3.8, 4) is 0 Å². The topological polar surface area (TPSA) is 49.4 Å². The van der Waals surface area contributed by atoms with Gasteiger partial charge in [-0.2, -0.15) is 0 Å². The molecule has 0 spiro atoms. The first-order valence-corrected chi connectivity index (χ1v) is 13.4. The zero-order valence-corrected chi connectivity index (χ0v) is 22.7. The number of benzene rings is 2. The van der Waals surface area contributed by atoms with Crippen molar-refractivity contribution in [2.24, 2.45) is 0 Å². The Morgan fingerprint density at radius 1 is 1.00 bits per heavy atom. The second kappa shape index (κ2) is 13.7. The summed E-state index contributed by atoms with van der Waals surface area (Å²) >= 11 is 26.4. The van der Waals surface area contributed by atoms with E-state index < -0.39 is 6.04 Å². The fourth-order valence-electron chi connectivity index (χ4n) is 3.18. The number of nitrogens with one attached hydrogen (secondary N) is 1. The minimum Gasteiger partial charge on any atom is -0.352 e. The van der Waals surface area contributed by atoms with Crippen LogP contribution in [-0.2, 0) is 21.9 Å². The summed E-state index contributed by atoms with van der Waals surface area (Å²) in [5.74, 6) is 0.355. The van der Waals surface area contributed by atoms with E-state index in [0.29, 0.717) is 37.8 Å². The van der Waals surface area contributed by atoms with Gasteiger partial charge in [-0.15, -0.1) is 11.8 Å². The van der Waals surface area contributed by atoms with E-state index in [0.717, 1.165) is 12.0 Å². The SMILES string of the molecule is CC[C@@H](C)NC(=O)[C@@H](CC)N(Cc1c(Cl)cccc1Cl)C(=O)CSCc1ccc(Cl)cc1Cl. The number of halogens is 4. The van der Waals surface area contributed by atoms with Crippen molar-refractivity contribution in [1.82, 2.24) is 10.2 Å². The van der Waals surface area contributed by atoms with Crippen molar-refractivity contribution in [1.29, 1.82) is 0 Å². The van der Waals surface area contributed by atoms with Crippen LogP contribution in [0.4, 0.5) is 0 Å². The Bertz CT molecular complexity index is 953. The molecule has 0 radical (unpaired) electrons. The predicted octanol–water partition coefficient (Wildman–Crippen LogP) is 7.26. The fraction of sp³-hybridized carbons (Fsp3) is 0.417. The van der Waals surface area contributed by atoms with E-state index in [-0.39, 0.29) is 30.2 Å². The molecule has 0 bridgehead atoms. The maximum atomic E-state index is 13.3. The van der Waals surface area contributed by atoms with Crippen LogP contribution in [0.5, 0.6) is 0 Å². The van der Waals surface area contributed by atoms with Crippen LogP contribution in [0.1, 0.15) is 44.7 Å². The normalized spacial score (nSPS) is 12.8. The third-order valence-electron chi connectivity index (χ3n) is 5.28. The van der Waals surface area contributed by atoms with E-state index in [1.165, 1.54) is 11.8 Å². The summed E-state index contributed by atoms with van der Waals surface area (Å²) in [4.78, 5) is 27.9. The number of carbonyl (C=O) groups excluding carboxylic acids is 2. The highest BCUT2D eigenvalue weighted by molar-refractivity contribution is 7.99. The van der Waals surface area contributed by atoms with Crippen LogP contribution in [0.25, 0.3) is 0 Å². The smallest absolute Gasteiger partial charge is 0.243 e. The Morgan fingerprint density at radius 3 is 2.24 bits per heavy atom. The van der Waals surface area contributed by atoms with Crippen LogP contribution in [0.2, 0.25) is 20.1 Å². The molecule has 2 rings (SSSR count). The van der Waals surface area contributed by atoms with Gasteiger partial charge < -0.3 is 10.2 Å². The molecule has 0 fully saturated rings. The second-order valence-corrected chi connectivity index (χ2v) is 10.3. The quantitative estimate of drug-likeness (QED) is 0.321. The van der Waals surface area contributed by atoms with Crippen molar-refractivity contribution in [2.75, 3.05) is 5.75 Å². The monoisotopic (exact) mass is 548 g/mol. The minimum absolute atomic E-state index is 0.00817. The van der Waals surface area contributed by atoms with Gasteiger partial charge in [-0.05, 0) is 49.6 Å². The maximum absolute atomic E-state index is 13.3. The second-order valence-electron chi connectivity index (χ2n) is 7.69. The number of hydrogen-bond donors (Lipinski definition) is 1. The average molecular weight is 550 g/mol. The molecule has 0 aliphatic rings. The first-order valence-electron chi connectivity index (χ1n) is 10.7. The van der Waals surface area contributed by atoms with Crippen LogP contribution >= 0.6 is 58.2 Å². The van der Waals surface area contributed by atoms with Gasteiger partial charge in [0.1, 0.15) is 6.04 Å². The summed E-state index contributed by atoms with van der Waals surface area (Å²) < 4.78 is 0. The van der Waals surface area contributed by atoms with E-state index in [4.69, 9.17) is 46.4 Å². The van der Waals surface area contributed by atoms with Crippen molar-refractivity contribution in [3.63, 3.8) is 0 Å². The van der Waals surface area contributed by atoms with Gasteiger partial charge >= 0.3 is 0 Å². The molecule has 0 heterocycles. The van der Waals surface area contributed by atoms with Crippen molar-refractivity contribution in [2.45, 2.75) is 58.0 Å². The number of nitrogens with zero attached hydrogens (tertiary/aromatic N) is 1. The largest absolute Gasteiger partial charge is 0.352 e. The van der Waals surface area contributed by atoms with Crippen molar-refractivity contribution >= 4 is 70.0 Å². The molecule has 0 saturated heterocycles. The fourth-order valence-corrected chi connectivity index (χ4v) is 5.17. The molecular weight excluding hydrogens is 522 g/mol. The van der Waals surface area contributed by atoms with Crippen LogP contribution in [0, 0.1) is 0 Å². The Balaban J connectivity index is 2.22. The number of rotatable bonds is 11. The van der Waals surface area contributed by atoms with E-state index in [1.807, 2.05) is 26.8 Å². The third-order valence-corrected chi connectivity index (χ3v) is 7.54. The molecule has 0 saturated carbocycles. The molecule has 180 valence electrons. The standard InChI is InChI=1S/C24H28Cl4N2O2S/c1-4-15(3)29-24(32)22(5-2)30(12-18-19(26)7-6-8-20(18)27)23(31)14-33-13-16-9-10-17(25)11-21(16)28/h6-11,15,22H,4-5,12-14H2,1-3H3,(H,29,32)/t15-,22-/m1/s1. The van der Waals surface area contributed by atoms with Gasteiger partial charge in [0.15, 0.2) is 0 Å². The molecule has 1 N–H and O–H groups in total. The average Bonchev–Trinajstić information content (AvgIpc) is 2.76. The van der Waals surface area contributed by atoms with E-state index in [9.17, 15) is 9.59 Å². The number of amides is 2. The summed E-state index contributed by atoms with van der Waals surface area (Å²) in [5.41, 5.74) is 1.51. The molecule has 2 aromatic carbocycles. The zero-order chi connectivity index (χ0) is 24.5. The van der Waals surface area contributed by atoms with Crippen LogP contribution in [0.15, 0.2) is 36.4 Å². The number of hydrogen-bond acceptors (Lipinski definition) is 3. The Morgan fingerprint density at radius 2 is 1.67 bits per heavy atom. The van der Waals surface area contributed by atoms with Crippen molar-refractivity contribution in [3.05, 3.63) is 67.6 Å². The van der Waals surface area contributed by atoms with Gasteiger partial charge in [-0.25, -0.2) is 0 Å². The third kappa shape index (κ3) is 8.25. The lowest BCUT2D eigenvalue weighted by Crippen LogP contribution is -2.51. The molecule has 2 aromatic rings. The first kappa shape index (κ1) is 28.1. The first-order chi connectivity index (χ1) is 15.7. The van der Waals surface area contributed by atoms with Gasteiger partial charge in [0, 0.05) is 44.0 Å². The van der Waals surface area contributed by atoms with Crippen molar-refractivity contribution < 1.29 is 9.59 Å². The molecular formula is C24H28Cl4N2O2S. The van der Waals surface area contributed by atoms with Crippen LogP contribution in [-0.4, -0.2) is 34.6 Å². The van der Waals surface area contributed by atoms with Gasteiger partial charge in [0.25, 0.3) is 0 Å². The van der Waals surface area contributed by atoms with Gasteiger partial charge in [-0.3, -0.25) is 9.59 Å². The Labute approximate surface area is 220 Å². The van der Waals surface area contributed by atoms with E-state index in [2.05, 4.69) is 5.32 Å². The van der Waals surface area contributed by atoms with Gasteiger partial charge in [-0.1, -0.05) is 72.4 Å². The summed E-state index contributed by atoms with van der Waals surface area (Å²) in [5, 5.41) is 5.02. The lowest BCUT2D eigenvalue weighted by molar-refractivity contribution is -0.139. The molecule has 2 atom stereocenters. The van der Waals surface area contributed by atoms with E-state index in [1.54, 1.807) is 35.2 Å². The molecule has 33 heavy (non-hydrogen) atoms. The molecule has 0 aromatic heterocycles. The molecule has 0 unspecified atom stereocenters. The van der Waals surface area contributed by atoms with Gasteiger partial charge in [0.2, 0.25) is 11.8 Å². The minimum atomic E-state index is -0.640. The summed E-state index contributed by atoms with van der Waals surface area (Å²) in [6.07, 6.45) is 1.26. The number of carbonyl (C=O) groups is 2. The lowest BCUT2D eigenvalue weighted by atomic mass is 10.1. The molecule has 9 heteroatoms. The Kier molecular flexibility index (Phi) is 11.7. The summed E-state index contributed by atoms with van der Waals surface area (Å²) in [6, 6.07) is 9.86. The maximum Gasteiger partial charge on any atom is 0.243 e. The molecule has 2 amide bonds. The molecule has 0 aliphatic heterocycles. The molecule has 4 nitrogen and oxygen atoms in total. The predicted molar refractivity (Wildman–Crippen MR) is 142 cm³/mol. The Hall–Kier alpha value is -1.11. The van der Waals surface area contributed by atoms with Gasteiger partial charge in [0.05, 0.1) is 5.75 Å². The summed E-state index contributed by atoms with van der Waals surface area (Å²) in [7, 11) is 0. The van der Waals surface area contributed by atoms with E-state index >= 15 is 0 Å². The number of thioether (sulfide) groups is 1. The summed E-state index contributed by atoms with van der Waals surface area (Å²) in [6.45, 7) is 5.96. The van der Waals surface area contributed by atoms with Crippen LogP contribution < -0.4 is 5.32 Å². The molecule has 0 aliphatic carbocycles. The highest BCUT2D eigenvalue weighted by Gasteiger charge is 2.30. The highest BCUT2D eigenvalue weighted by Crippen LogP contribution is 2.28. The zero-order valence-electron chi connectivity index (χ0n) is 18.8. The highest BCUT2D eigenvalue weighted by atomic mass is 35.5. The van der Waals surface area contributed by atoms with Crippen LogP contribution in [0.3, 0.4) is 0 Å².